The second kappa shape index (κ2) is 6.05. The predicted octanol–water partition coefficient (Wildman–Crippen LogP) is 0.811. The second-order valence-electron chi connectivity index (χ2n) is 3.45. The van der Waals surface area contributed by atoms with Gasteiger partial charge in [0.1, 0.15) is 0 Å². The summed E-state index contributed by atoms with van der Waals surface area (Å²) >= 11 is 0. The molecule has 82 valence electrons. The van der Waals surface area contributed by atoms with E-state index in [1.54, 1.807) is 13.8 Å². The van der Waals surface area contributed by atoms with Crippen molar-refractivity contribution in [3.05, 3.63) is 0 Å². The molecule has 0 bridgehead atoms. The maximum atomic E-state index is 11.8. The quantitative estimate of drug-likeness (QED) is 0.529. The average Bonchev–Trinajstić information content (AvgIpc) is 2.16. The number of hydrogen-bond acceptors (Lipinski definition) is 3. The molecule has 2 atom stereocenters. The Bertz CT molecular complexity index is 290. The van der Waals surface area contributed by atoms with Crippen molar-refractivity contribution in [3.8, 4) is 12.3 Å². The zero-order chi connectivity index (χ0) is 11.2. The van der Waals surface area contributed by atoms with Gasteiger partial charge in [-0.1, -0.05) is 12.8 Å². The minimum atomic E-state index is -3.00. The Kier molecular flexibility index (Phi) is 5.82. The van der Waals surface area contributed by atoms with Crippen molar-refractivity contribution in [2.75, 3.05) is 13.1 Å². The summed E-state index contributed by atoms with van der Waals surface area (Å²) in [4.78, 5) is 0. The number of nitrogens with one attached hydrogen (secondary N) is 1. The van der Waals surface area contributed by atoms with Crippen LogP contribution in [0.3, 0.4) is 0 Å². The van der Waals surface area contributed by atoms with Gasteiger partial charge in [0.2, 0.25) is 0 Å². The van der Waals surface area contributed by atoms with Crippen LogP contribution in [0.25, 0.3) is 0 Å². The molecule has 0 radical (unpaired) electrons. The number of terminal acetylenes is 1. The van der Waals surface area contributed by atoms with Crippen LogP contribution in [0.4, 0.5) is 0 Å². The lowest BCUT2D eigenvalue weighted by Crippen LogP contribution is -2.36. The largest absolute Gasteiger partial charge is 0.305 e. The molecule has 1 N–H and O–H groups in total. The van der Waals surface area contributed by atoms with Gasteiger partial charge in [0.25, 0.3) is 0 Å². The summed E-state index contributed by atoms with van der Waals surface area (Å²) in [5.74, 6) is 2.41. The molecule has 0 fully saturated rings. The lowest BCUT2D eigenvalue weighted by Gasteiger charge is -2.17. The molecule has 0 amide bonds. The summed E-state index contributed by atoms with van der Waals surface area (Å²) in [6, 6.07) is 0. The Hall–Kier alpha value is -0.530. The van der Waals surface area contributed by atoms with E-state index in [-0.39, 0.29) is 10.5 Å². The fraction of sp³-hybridized carbons (Fsp3) is 0.800. The molecule has 0 aliphatic heterocycles. The van der Waals surface area contributed by atoms with Crippen LogP contribution in [-0.2, 0) is 9.84 Å². The minimum Gasteiger partial charge on any atom is -0.305 e. The standard InChI is InChI=1S/C10H19NO2S/c1-5-7-11-8-10(4)14(12,13)9(3)6-2/h1,9-11H,6-8H2,2-4H3. The first kappa shape index (κ1) is 13.5. The van der Waals surface area contributed by atoms with Crippen molar-refractivity contribution in [1.82, 2.24) is 5.32 Å². The third-order valence-corrected chi connectivity index (χ3v) is 5.10. The first-order valence-electron chi connectivity index (χ1n) is 4.83. The lowest BCUT2D eigenvalue weighted by molar-refractivity contribution is 0.561. The Morgan fingerprint density at radius 1 is 1.36 bits per heavy atom. The van der Waals surface area contributed by atoms with E-state index in [1.807, 2.05) is 6.92 Å². The number of rotatable bonds is 6. The predicted molar refractivity (Wildman–Crippen MR) is 59.8 cm³/mol. The molecule has 3 nitrogen and oxygen atoms in total. The van der Waals surface area contributed by atoms with Gasteiger partial charge in [0, 0.05) is 6.54 Å². The van der Waals surface area contributed by atoms with E-state index in [1.165, 1.54) is 0 Å². The summed E-state index contributed by atoms with van der Waals surface area (Å²) in [6.45, 7) is 6.18. The van der Waals surface area contributed by atoms with Crippen LogP contribution in [0.2, 0.25) is 0 Å². The van der Waals surface area contributed by atoms with Gasteiger partial charge in [0.05, 0.1) is 17.0 Å². The smallest absolute Gasteiger partial charge is 0.156 e. The summed E-state index contributed by atoms with van der Waals surface area (Å²) < 4.78 is 23.5. The molecule has 0 aliphatic carbocycles. The highest BCUT2D eigenvalue weighted by atomic mass is 32.2. The highest BCUT2D eigenvalue weighted by Gasteiger charge is 2.25. The van der Waals surface area contributed by atoms with Gasteiger partial charge in [-0.05, 0) is 20.3 Å². The molecule has 4 heteroatoms. The van der Waals surface area contributed by atoms with Crippen molar-refractivity contribution < 1.29 is 8.42 Å². The molecule has 0 aromatic carbocycles. The first-order valence-corrected chi connectivity index (χ1v) is 6.44. The average molecular weight is 217 g/mol. The van der Waals surface area contributed by atoms with Gasteiger partial charge in [-0.15, -0.1) is 6.42 Å². The third kappa shape index (κ3) is 3.69. The van der Waals surface area contributed by atoms with E-state index in [0.717, 1.165) is 0 Å². The second-order valence-corrected chi connectivity index (χ2v) is 6.24. The Morgan fingerprint density at radius 2 is 1.93 bits per heavy atom. The van der Waals surface area contributed by atoms with Crippen LogP contribution in [0.1, 0.15) is 27.2 Å². The van der Waals surface area contributed by atoms with Crippen LogP contribution in [0.5, 0.6) is 0 Å². The molecule has 0 saturated carbocycles. The molecule has 0 heterocycles. The van der Waals surface area contributed by atoms with Gasteiger partial charge in [-0.25, -0.2) is 8.42 Å². The Morgan fingerprint density at radius 3 is 2.36 bits per heavy atom. The SMILES string of the molecule is C#CCNCC(C)S(=O)(=O)C(C)CC. The summed E-state index contributed by atoms with van der Waals surface area (Å²) in [5, 5.41) is 2.26. The van der Waals surface area contributed by atoms with Crippen LogP contribution in [-0.4, -0.2) is 32.0 Å². The van der Waals surface area contributed by atoms with E-state index in [9.17, 15) is 8.42 Å². The summed E-state index contributed by atoms with van der Waals surface area (Å²) in [6.07, 6.45) is 5.70. The minimum absolute atomic E-state index is 0.273. The Labute approximate surface area is 87.2 Å². The van der Waals surface area contributed by atoms with Crippen molar-refractivity contribution in [3.63, 3.8) is 0 Å². The topological polar surface area (TPSA) is 46.2 Å². The highest BCUT2D eigenvalue weighted by Crippen LogP contribution is 2.11. The van der Waals surface area contributed by atoms with E-state index in [2.05, 4.69) is 11.2 Å². The maximum Gasteiger partial charge on any atom is 0.156 e. The van der Waals surface area contributed by atoms with Crippen LogP contribution in [0, 0.1) is 12.3 Å². The van der Waals surface area contributed by atoms with Gasteiger partial charge in [0.15, 0.2) is 9.84 Å². The normalized spacial score (nSPS) is 15.9. The van der Waals surface area contributed by atoms with Gasteiger partial charge in [-0.3, -0.25) is 0 Å². The van der Waals surface area contributed by atoms with Crippen molar-refractivity contribution >= 4 is 9.84 Å². The maximum absolute atomic E-state index is 11.8. The zero-order valence-corrected chi connectivity index (χ0v) is 9.89. The fourth-order valence-electron chi connectivity index (χ4n) is 1.09. The van der Waals surface area contributed by atoms with Gasteiger partial charge in [-0.2, -0.15) is 0 Å². The fourth-order valence-corrected chi connectivity index (χ4v) is 2.70. The molecule has 0 aliphatic rings. The third-order valence-electron chi connectivity index (χ3n) is 2.36. The summed E-state index contributed by atoms with van der Waals surface area (Å²) in [5.41, 5.74) is 0. The molecule has 0 aromatic heterocycles. The summed E-state index contributed by atoms with van der Waals surface area (Å²) in [7, 11) is -3.00. The molecule has 14 heavy (non-hydrogen) atoms. The molecule has 0 rings (SSSR count). The number of sulfone groups is 1. The molecule has 2 unspecified atom stereocenters. The molecular formula is C10H19NO2S. The van der Waals surface area contributed by atoms with E-state index < -0.39 is 9.84 Å². The van der Waals surface area contributed by atoms with E-state index >= 15 is 0 Å². The zero-order valence-electron chi connectivity index (χ0n) is 9.08. The van der Waals surface area contributed by atoms with Crippen molar-refractivity contribution in [2.45, 2.75) is 37.7 Å². The van der Waals surface area contributed by atoms with Crippen molar-refractivity contribution in [1.29, 1.82) is 0 Å². The van der Waals surface area contributed by atoms with Crippen LogP contribution >= 0.6 is 0 Å². The number of hydrogen-bond donors (Lipinski definition) is 1. The van der Waals surface area contributed by atoms with Gasteiger partial charge < -0.3 is 5.32 Å². The van der Waals surface area contributed by atoms with Crippen LogP contribution in [0.15, 0.2) is 0 Å². The molecule has 0 spiro atoms. The molecule has 0 saturated heterocycles. The van der Waals surface area contributed by atoms with Gasteiger partial charge >= 0.3 is 0 Å². The van der Waals surface area contributed by atoms with Crippen LogP contribution < -0.4 is 5.32 Å². The van der Waals surface area contributed by atoms with Crippen molar-refractivity contribution in [2.24, 2.45) is 0 Å². The van der Waals surface area contributed by atoms with E-state index in [4.69, 9.17) is 6.42 Å². The molecule has 0 aromatic rings. The highest BCUT2D eigenvalue weighted by molar-refractivity contribution is 7.92. The van der Waals surface area contributed by atoms with E-state index in [0.29, 0.717) is 19.5 Å². The first-order chi connectivity index (χ1) is 6.46. The Balaban J connectivity index is 4.24. The monoisotopic (exact) mass is 217 g/mol. The molecular weight excluding hydrogens is 198 g/mol. The lowest BCUT2D eigenvalue weighted by atomic mass is 10.4.